The second-order valence-corrected chi connectivity index (χ2v) is 16.7. The van der Waals surface area contributed by atoms with Crippen LogP contribution < -0.4 is 26.4 Å². The van der Waals surface area contributed by atoms with Crippen LogP contribution in [-0.4, -0.2) is 16.9 Å². The highest BCUT2D eigenvalue weighted by atomic mass is 15.3. The first-order chi connectivity index (χ1) is 31.2. The van der Waals surface area contributed by atoms with Gasteiger partial charge in [-0.1, -0.05) is 182 Å². The Morgan fingerprint density at radius 3 is 1.95 bits per heavy atom. The van der Waals surface area contributed by atoms with Crippen molar-refractivity contribution in [1.82, 2.24) is 20.9 Å². The number of aromatic nitrogens is 1. The zero-order chi connectivity index (χ0) is 41.7. The van der Waals surface area contributed by atoms with E-state index < -0.39 is 5.41 Å². The summed E-state index contributed by atoms with van der Waals surface area (Å²) >= 11 is 0. The lowest BCUT2D eigenvalue weighted by Crippen LogP contribution is -2.46. The maximum absolute atomic E-state index is 5.44. The van der Waals surface area contributed by atoms with Gasteiger partial charge in [0.25, 0.3) is 0 Å². The SMILES string of the molecule is C1=CC2=c3ccncc3=C(c3cc(-c4ccc5c(c4)C(c4ccccc4)(c4ccccc4)c4ccccc4-5)cc(C4N=C(c5ccccc5)NC(c5ccccc5)N4)c3)NC2C=C1. The van der Waals surface area contributed by atoms with Crippen molar-refractivity contribution in [2.45, 2.75) is 23.8 Å². The summed E-state index contributed by atoms with van der Waals surface area (Å²) in [6.45, 7) is 0. The first kappa shape index (κ1) is 36.9. The van der Waals surface area contributed by atoms with Crippen LogP contribution >= 0.6 is 0 Å². The third-order valence-corrected chi connectivity index (χ3v) is 13.1. The quantitative estimate of drug-likeness (QED) is 0.150. The highest BCUT2D eigenvalue weighted by Crippen LogP contribution is 2.56. The van der Waals surface area contributed by atoms with E-state index in [2.05, 4.69) is 227 Å². The van der Waals surface area contributed by atoms with E-state index in [1.54, 1.807) is 0 Å². The maximum Gasteiger partial charge on any atom is 0.131 e. The van der Waals surface area contributed by atoms with Crippen molar-refractivity contribution in [3.8, 4) is 22.3 Å². The monoisotopic (exact) mass is 809 g/mol. The number of rotatable bonds is 7. The smallest absolute Gasteiger partial charge is 0.131 e. The molecule has 0 radical (unpaired) electrons. The van der Waals surface area contributed by atoms with Crippen molar-refractivity contribution in [3.05, 3.63) is 280 Å². The van der Waals surface area contributed by atoms with Crippen molar-refractivity contribution < 1.29 is 0 Å². The summed E-state index contributed by atoms with van der Waals surface area (Å²) in [7, 11) is 0. The van der Waals surface area contributed by atoms with E-state index in [0.29, 0.717) is 0 Å². The molecule has 3 N–H and O–H groups in total. The lowest BCUT2D eigenvalue weighted by molar-refractivity contribution is 0.409. The van der Waals surface area contributed by atoms with Crippen molar-refractivity contribution in [2.24, 2.45) is 4.99 Å². The molecule has 8 aromatic rings. The number of hydrogen-bond acceptors (Lipinski definition) is 5. The molecule has 0 amide bonds. The number of fused-ring (bicyclic) bond motifs is 5. The van der Waals surface area contributed by atoms with Gasteiger partial charge >= 0.3 is 0 Å². The summed E-state index contributed by atoms with van der Waals surface area (Å²) in [5, 5.41) is 13.9. The predicted octanol–water partition coefficient (Wildman–Crippen LogP) is 9.85. The molecule has 0 bridgehead atoms. The van der Waals surface area contributed by atoms with Gasteiger partial charge < -0.3 is 10.6 Å². The highest BCUT2D eigenvalue weighted by Gasteiger charge is 2.46. The van der Waals surface area contributed by atoms with Crippen LogP contribution in [0.2, 0.25) is 0 Å². The van der Waals surface area contributed by atoms with Crippen LogP contribution in [0.4, 0.5) is 0 Å². The van der Waals surface area contributed by atoms with Crippen LogP contribution in [0.1, 0.15) is 56.8 Å². The minimum atomic E-state index is -0.517. The maximum atomic E-state index is 5.44. The van der Waals surface area contributed by atoms with E-state index >= 15 is 0 Å². The van der Waals surface area contributed by atoms with Gasteiger partial charge in [-0.25, -0.2) is 4.99 Å². The second kappa shape index (κ2) is 15.2. The largest absolute Gasteiger partial charge is 0.374 e. The van der Waals surface area contributed by atoms with E-state index in [9.17, 15) is 0 Å². The molecule has 2 aliphatic heterocycles. The number of amidine groups is 1. The number of aliphatic imine (C=N–C) groups is 1. The molecule has 5 heteroatoms. The van der Waals surface area contributed by atoms with Crippen LogP contribution in [0.5, 0.6) is 0 Å². The third kappa shape index (κ3) is 6.19. The molecule has 5 nitrogen and oxygen atoms in total. The van der Waals surface area contributed by atoms with Crippen LogP contribution in [0, 0.1) is 0 Å². The molecule has 3 atom stereocenters. The van der Waals surface area contributed by atoms with Crippen molar-refractivity contribution >= 4 is 17.1 Å². The second-order valence-electron chi connectivity index (χ2n) is 16.7. The zero-order valence-electron chi connectivity index (χ0n) is 34.5. The molecule has 63 heavy (non-hydrogen) atoms. The average Bonchev–Trinajstić information content (AvgIpc) is 3.67. The van der Waals surface area contributed by atoms with Crippen LogP contribution in [-0.2, 0) is 5.41 Å². The van der Waals surface area contributed by atoms with E-state index in [-0.39, 0.29) is 18.4 Å². The predicted molar refractivity (Wildman–Crippen MR) is 255 cm³/mol. The van der Waals surface area contributed by atoms with Crippen molar-refractivity contribution in [3.63, 3.8) is 0 Å². The topological polar surface area (TPSA) is 61.3 Å². The normalized spacial score (nSPS) is 18.9. The summed E-state index contributed by atoms with van der Waals surface area (Å²) in [5.41, 5.74) is 15.9. The fourth-order valence-corrected chi connectivity index (χ4v) is 10.3. The molecule has 0 spiro atoms. The Kier molecular flexibility index (Phi) is 8.94. The number of hydrogen-bond donors (Lipinski definition) is 3. The Balaban J connectivity index is 1.10. The Hall–Kier alpha value is -7.86. The minimum Gasteiger partial charge on any atom is -0.374 e. The van der Waals surface area contributed by atoms with Crippen molar-refractivity contribution in [2.75, 3.05) is 0 Å². The number of allylic oxidation sites excluding steroid dienone is 2. The number of benzene rings is 7. The van der Waals surface area contributed by atoms with Crippen LogP contribution in [0.15, 0.2) is 230 Å². The zero-order valence-corrected chi connectivity index (χ0v) is 34.5. The van der Waals surface area contributed by atoms with E-state index in [1.807, 2.05) is 18.5 Å². The fourth-order valence-electron chi connectivity index (χ4n) is 10.3. The van der Waals surface area contributed by atoms with Gasteiger partial charge in [-0.05, 0) is 102 Å². The molecule has 0 saturated heterocycles. The molecule has 4 aliphatic rings. The Labute approximate surface area is 367 Å². The first-order valence-electron chi connectivity index (χ1n) is 21.7. The summed E-state index contributed by atoms with van der Waals surface area (Å²) < 4.78 is 0. The molecule has 12 rings (SSSR count). The van der Waals surface area contributed by atoms with Gasteiger partial charge in [-0.3, -0.25) is 10.3 Å². The van der Waals surface area contributed by atoms with Crippen molar-refractivity contribution in [1.29, 1.82) is 0 Å². The number of pyridine rings is 1. The third-order valence-electron chi connectivity index (χ3n) is 13.1. The molecule has 3 heterocycles. The van der Waals surface area contributed by atoms with Gasteiger partial charge in [0.2, 0.25) is 0 Å². The lowest BCUT2D eigenvalue weighted by atomic mass is 9.67. The highest BCUT2D eigenvalue weighted by molar-refractivity contribution is 5.99. The Morgan fingerprint density at radius 2 is 1.17 bits per heavy atom. The standard InChI is InChI=1S/C58H43N5/c1-5-17-38(18-6-1)55-61-56(39-19-7-2-8-20-39)63-57(62-55)43-34-41(33-42(35-43)54-50-37-59-32-31-46(50)49-26-14-16-28-53(49)60-54)40-29-30-48-47-25-13-15-27-51(47)58(52(48)36-40,44-21-9-3-10-22-44)45-23-11-4-12-24-45/h1-37,53,55,57,60,62H,(H,61,63). The summed E-state index contributed by atoms with van der Waals surface area (Å²) in [6.07, 6.45) is 12.1. The van der Waals surface area contributed by atoms with Gasteiger partial charge in [0.15, 0.2) is 0 Å². The molecule has 0 fully saturated rings. The van der Waals surface area contributed by atoms with Crippen LogP contribution in [0.3, 0.4) is 0 Å². The molecule has 1 aromatic heterocycles. The summed E-state index contributed by atoms with van der Waals surface area (Å²) in [6, 6.07) is 68.3. The molecule has 0 saturated carbocycles. The number of nitrogens with one attached hydrogen (secondary N) is 3. The van der Waals surface area contributed by atoms with Gasteiger partial charge in [0.05, 0.1) is 17.2 Å². The van der Waals surface area contributed by atoms with Gasteiger partial charge in [0, 0.05) is 23.2 Å². The van der Waals surface area contributed by atoms with E-state index in [1.165, 1.54) is 44.2 Å². The van der Waals surface area contributed by atoms with Crippen LogP contribution in [0.25, 0.3) is 33.5 Å². The van der Waals surface area contributed by atoms with E-state index in [4.69, 9.17) is 4.99 Å². The van der Waals surface area contributed by atoms with Gasteiger partial charge in [0.1, 0.15) is 18.2 Å². The Morgan fingerprint density at radius 1 is 0.492 bits per heavy atom. The lowest BCUT2D eigenvalue weighted by Gasteiger charge is -2.34. The van der Waals surface area contributed by atoms with E-state index in [0.717, 1.165) is 50.1 Å². The Bertz CT molecular complexity index is 3220. The molecule has 2 aliphatic carbocycles. The molecular formula is C58H43N5. The minimum absolute atomic E-state index is 0.0324. The first-order valence-corrected chi connectivity index (χ1v) is 21.7. The molecule has 7 aromatic carbocycles. The number of nitrogens with zero attached hydrogens (tertiary/aromatic N) is 2. The summed E-state index contributed by atoms with van der Waals surface area (Å²) in [4.78, 5) is 10.1. The summed E-state index contributed by atoms with van der Waals surface area (Å²) in [5.74, 6) is 0.849. The van der Waals surface area contributed by atoms with Gasteiger partial charge in [-0.2, -0.15) is 0 Å². The molecule has 300 valence electrons. The molecule has 3 unspecified atom stereocenters. The fraction of sp³-hybridized carbons (Fsp3) is 0.0690. The molecular weight excluding hydrogens is 767 g/mol. The van der Waals surface area contributed by atoms with Gasteiger partial charge in [-0.15, -0.1) is 0 Å². The average molecular weight is 810 g/mol.